The lowest BCUT2D eigenvalue weighted by Crippen LogP contribution is -2.58. The fraction of sp³-hybridized carbons (Fsp3) is 0.192. The Kier molecular flexibility index (Phi) is 7.48. The minimum Gasteiger partial charge on any atom is -0.365 e. The van der Waals surface area contributed by atoms with Crippen molar-refractivity contribution in [2.24, 2.45) is 0 Å². The molecule has 0 aromatic heterocycles. The van der Waals surface area contributed by atoms with Crippen molar-refractivity contribution < 1.29 is 9.90 Å². The first-order chi connectivity index (χ1) is 15.3. The third-order valence-corrected chi connectivity index (χ3v) is 6.02. The van der Waals surface area contributed by atoms with Gasteiger partial charge in [0, 0.05) is 39.6 Å². The van der Waals surface area contributed by atoms with E-state index in [0.717, 1.165) is 11.3 Å². The number of amides is 1. The summed E-state index contributed by atoms with van der Waals surface area (Å²) in [7, 11) is 1.78. The smallest absolute Gasteiger partial charge is 0.214 e. The number of hydrogen-bond donors (Lipinski definition) is 1. The average Bonchev–Trinajstić information content (AvgIpc) is 2.80. The predicted octanol–water partition coefficient (Wildman–Crippen LogP) is 5.70. The van der Waals surface area contributed by atoms with Gasteiger partial charge in [-0.25, -0.2) is 0 Å². The molecule has 4 nitrogen and oxygen atoms in total. The van der Waals surface area contributed by atoms with Gasteiger partial charge >= 0.3 is 0 Å². The third kappa shape index (κ3) is 4.76. The molecular weight excluding hydrogens is 443 g/mol. The van der Waals surface area contributed by atoms with E-state index in [-0.39, 0.29) is 0 Å². The second-order valence-electron chi connectivity index (χ2n) is 7.38. The highest BCUT2D eigenvalue weighted by Crippen LogP contribution is 2.37. The van der Waals surface area contributed by atoms with Gasteiger partial charge in [0.05, 0.1) is 6.04 Å². The van der Waals surface area contributed by atoms with E-state index in [9.17, 15) is 9.90 Å². The summed E-state index contributed by atoms with van der Waals surface area (Å²) in [4.78, 5) is 15.4. The van der Waals surface area contributed by atoms with Gasteiger partial charge in [0.15, 0.2) is 5.72 Å². The van der Waals surface area contributed by atoms with Gasteiger partial charge in [-0.2, -0.15) is 0 Å². The highest BCUT2D eigenvalue weighted by atomic mass is 35.5. The van der Waals surface area contributed by atoms with E-state index in [4.69, 9.17) is 23.2 Å². The lowest BCUT2D eigenvalue weighted by molar-refractivity contribution is -0.109. The van der Waals surface area contributed by atoms with Crippen LogP contribution in [0.4, 0.5) is 11.4 Å². The Balaban J connectivity index is 2.17. The molecule has 0 spiro atoms. The number of anilines is 2. The summed E-state index contributed by atoms with van der Waals surface area (Å²) in [5.41, 5.74) is 1.12. The normalized spacial score (nSPS) is 13.3. The zero-order valence-electron chi connectivity index (χ0n) is 18.1. The molecule has 0 aliphatic rings. The monoisotopic (exact) mass is 466 g/mol. The molecule has 0 fully saturated rings. The molecule has 2 unspecified atom stereocenters. The van der Waals surface area contributed by atoms with E-state index < -0.39 is 11.8 Å². The zero-order valence-corrected chi connectivity index (χ0v) is 19.6. The summed E-state index contributed by atoms with van der Waals surface area (Å²) < 4.78 is 0. The van der Waals surface area contributed by atoms with Crippen LogP contribution in [0.3, 0.4) is 0 Å². The van der Waals surface area contributed by atoms with Crippen LogP contribution in [-0.2, 0) is 10.5 Å². The van der Waals surface area contributed by atoms with Crippen molar-refractivity contribution in [1.29, 1.82) is 0 Å². The first-order valence-corrected chi connectivity index (χ1v) is 10.8. The summed E-state index contributed by atoms with van der Waals surface area (Å²) >= 11 is 12.1. The van der Waals surface area contributed by atoms with Crippen molar-refractivity contribution in [3.8, 4) is 11.8 Å². The number of carbonyl (C=O) groups excluding carboxylic acids is 1. The maximum Gasteiger partial charge on any atom is 0.214 e. The highest BCUT2D eigenvalue weighted by Gasteiger charge is 2.43. The van der Waals surface area contributed by atoms with Crippen LogP contribution >= 0.6 is 23.2 Å². The van der Waals surface area contributed by atoms with Gasteiger partial charge in [-0.1, -0.05) is 41.3 Å². The Morgan fingerprint density at radius 2 is 1.53 bits per heavy atom. The number of rotatable bonds is 7. The molecule has 0 saturated carbocycles. The Bertz CT molecular complexity index is 1140. The van der Waals surface area contributed by atoms with Crippen LogP contribution in [0.15, 0.2) is 72.8 Å². The lowest BCUT2D eigenvalue weighted by Gasteiger charge is -2.46. The molecule has 0 saturated heterocycles. The third-order valence-electron chi connectivity index (χ3n) is 5.52. The van der Waals surface area contributed by atoms with Crippen molar-refractivity contribution in [3.05, 3.63) is 94.0 Å². The summed E-state index contributed by atoms with van der Waals surface area (Å²) in [5.74, 6) is 5.92. The van der Waals surface area contributed by atoms with Gasteiger partial charge in [-0.15, -0.1) is 5.92 Å². The molecule has 0 aliphatic carbocycles. The van der Waals surface area contributed by atoms with Crippen molar-refractivity contribution >= 4 is 41.0 Å². The quantitative estimate of drug-likeness (QED) is 0.276. The second kappa shape index (κ2) is 10.1. The van der Waals surface area contributed by atoms with E-state index in [0.29, 0.717) is 27.7 Å². The summed E-state index contributed by atoms with van der Waals surface area (Å²) in [6.45, 7) is 3.56. The molecule has 6 heteroatoms. The fourth-order valence-electron chi connectivity index (χ4n) is 3.73. The number of likely N-dealkylation sites (N-methyl/N-ethyl adjacent to an activating group) is 1. The Hall–Kier alpha value is -2.97. The lowest BCUT2D eigenvalue weighted by atomic mass is 9.91. The number of benzene rings is 3. The van der Waals surface area contributed by atoms with Crippen molar-refractivity contribution in [1.82, 2.24) is 0 Å². The van der Waals surface area contributed by atoms with E-state index in [1.54, 1.807) is 62.2 Å². The first-order valence-electron chi connectivity index (χ1n) is 10.1. The molecule has 3 aromatic rings. The van der Waals surface area contributed by atoms with Crippen LogP contribution in [0.5, 0.6) is 0 Å². The summed E-state index contributed by atoms with van der Waals surface area (Å²) in [6, 6.07) is 20.8. The van der Waals surface area contributed by atoms with Gasteiger partial charge in [0.25, 0.3) is 0 Å². The predicted molar refractivity (Wildman–Crippen MR) is 132 cm³/mol. The number of halogens is 2. The molecule has 3 aromatic carbocycles. The highest BCUT2D eigenvalue weighted by molar-refractivity contribution is 6.30. The minimum atomic E-state index is -1.60. The first kappa shape index (κ1) is 23.7. The Morgan fingerprint density at radius 1 is 0.969 bits per heavy atom. The van der Waals surface area contributed by atoms with Gasteiger partial charge in [0.1, 0.15) is 0 Å². The standard InChI is InChI=1S/C26H24Cl2N2O2/c1-4-6-20-7-5-8-21(17-20)26(32,29(3)24-13-9-22(27)10-14-24)19(2)30(18-31)25-15-11-23(28)12-16-25/h5,7-19,32H,1-3H3. The number of carbonyl (C=O) groups is 1. The molecule has 0 radical (unpaired) electrons. The topological polar surface area (TPSA) is 43.8 Å². The Morgan fingerprint density at radius 3 is 2.06 bits per heavy atom. The SMILES string of the molecule is CC#Cc1cccc(C(O)(C(C)N(C=O)c2ccc(Cl)cc2)N(C)c2ccc(Cl)cc2)c1. The maximum absolute atomic E-state index is 12.3. The van der Waals surface area contributed by atoms with Gasteiger partial charge in [0.2, 0.25) is 6.41 Å². The zero-order chi connectivity index (χ0) is 23.3. The van der Waals surface area contributed by atoms with E-state index in [1.807, 2.05) is 36.4 Å². The van der Waals surface area contributed by atoms with Gasteiger partial charge in [-0.3, -0.25) is 4.79 Å². The largest absolute Gasteiger partial charge is 0.365 e. The van der Waals surface area contributed by atoms with Crippen LogP contribution in [0.2, 0.25) is 10.0 Å². The molecule has 0 bridgehead atoms. The van der Waals surface area contributed by atoms with Crippen LogP contribution in [-0.4, -0.2) is 24.6 Å². The summed E-state index contributed by atoms with van der Waals surface area (Å²) in [5, 5.41) is 13.4. The van der Waals surface area contributed by atoms with E-state index in [2.05, 4.69) is 11.8 Å². The van der Waals surface area contributed by atoms with E-state index in [1.165, 1.54) is 4.90 Å². The average molecular weight is 467 g/mol. The fourth-order valence-corrected chi connectivity index (χ4v) is 3.98. The molecule has 164 valence electrons. The van der Waals surface area contributed by atoms with Crippen LogP contribution in [0.1, 0.15) is 25.0 Å². The molecule has 1 amide bonds. The number of aliphatic hydroxyl groups is 1. The van der Waals surface area contributed by atoms with Crippen molar-refractivity contribution in [2.45, 2.75) is 25.6 Å². The molecular formula is C26H24Cl2N2O2. The molecule has 3 rings (SSSR count). The number of hydrogen-bond acceptors (Lipinski definition) is 3. The Labute approximate surface area is 199 Å². The van der Waals surface area contributed by atoms with Crippen molar-refractivity contribution in [3.63, 3.8) is 0 Å². The van der Waals surface area contributed by atoms with Crippen LogP contribution in [0, 0.1) is 11.8 Å². The van der Waals surface area contributed by atoms with E-state index >= 15 is 0 Å². The van der Waals surface area contributed by atoms with Gasteiger partial charge in [-0.05, 0) is 74.5 Å². The van der Waals surface area contributed by atoms with Crippen molar-refractivity contribution in [2.75, 3.05) is 16.8 Å². The summed E-state index contributed by atoms with van der Waals surface area (Å²) in [6.07, 6.45) is 0.713. The molecule has 2 atom stereocenters. The number of nitrogens with zero attached hydrogens (tertiary/aromatic N) is 2. The molecule has 0 heterocycles. The minimum absolute atomic E-state index is 0.562. The van der Waals surface area contributed by atoms with Crippen LogP contribution < -0.4 is 9.80 Å². The molecule has 32 heavy (non-hydrogen) atoms. The molecule has 0 aliphatic heterocycles. The van der Waals surface area contributed by atoms with Crippen LogP contribution in [0.25, 0.3) is 0 Å². The maximum atomic E-state index is 12.3. The van der Waals surface area contributed by atoms with Gasteiger partial charge < -0.3 is 14.9 Å². The molecule has 1 N–H and O–H groups in total. The second-order valence-corrected chi connectivity index (χ2v) is 8.26.